The van der Waals surface area contributed by atoms with Crippen LogP contribution in [0.4, 0.5) is 4.39 Å². The molecular weight excluding hydrogens is 273 g/mol. The Morgan fingerprint density at radius 2 is 2.00 bits per heavy atom. The summed E-state index contributed by atoms with van der Waals surface area (Å²) in [4.78, 5) is 23.1. The summed E-state index contributed by atoms with van der Waals surface area (Å²) in [6.45, 7) is 0.291. The van der Waals surface area contributed by atoms with Crippen LogP contribution in [0.3, 0.4) is 0 Å². The highest BCUT2D eigenvalue weighted by atomic mass is 19.1. The smallest absolute Gasteiger partial charge is 0.330 e. The van der Waals surface area contributed by atoms with Crippen molar-refractivity contribution in [2.75, 3.05) is 13.7 Å². The molecule has 0 aromatic heterocycles. The molecule has 0 unspecified atom stereocenters. The van der Waals surface area contributed by atoms with Crippen LogP contribution in [0.5, 0.6) is 0 Å². The molecular formula is C16H18FNO3. The molecule has 1 aromatic carbocycles. The number of nitrogens with one attached hydrogen (secondary N) is 1. The van der Waals surface area contributed by atoms with Gasteiger partial charge in [0.15, 0.2) is 0 Å². The van der Waals surface area contributed by atoms with Gasteiger partial charge in [-0.2, -0.15) is 0 Å². The molecule has 1 aromatic rings. The Morgan fingerprint density at radius 3 is 2.57 bits per heavy atom. The van der Waals surface area contributed by atoms with E-state index in [2.05, 4.69) is 10.1 Å². The number of halogens is 1. The fourth-order valence-electron chi connectivity index (χ4n) is 2.19. The lowest BCUT2D eigenvalue weighted by Crippen LogP contribution is -2.33. The van der Waals surface area contributed by atoms with Crippen LogP contribution in [0.15, 0.2) is 36.4 Å². The molecule has 1 saturated carbocycles. The van der Waals surface area contributed by atoms with Crippen molar-refractivity contribution in [3.63, 3.8) is 0 Å². The van der Waals surface area contributed by atoms with Crippen molar-refractivity contribution in [1.82, 2.24) is 5.32 Å². The third-order valence-electron chi connectivity index (χ3n) is 3.63. The molecule has 5 heteroatoms. The second kappa shape index (κ2) is 6.52. The van der Waals surface area contributed by atoms with E-state index in [9.17, 15) is 14.0 Å². The molecule has 1 amide bonds. The Bertz CT molecular complexity index is 547. The number of carbonyl (C=O) groups excluding carboxylic acids is 2. The lowest BCUT2D eigenvalue weighted by Gasteiger charge is -2.14. The summed E-state index contributed by atoms with van der Waals surface area (Å²) in [6.07, 6.45) is 5.10. The maximum Gasteiger partial charge on any atom is 0.330 e. The lowest BCUT2D eigenvalue weighted by atomic mass is 9.95. The number of hydrogen-bond acceptors (Lipinski definition) is 3. The van der Waals surface area contributed by atoms with Crippen molar-refractivity contribution in [3.8, 4) is 0 Å². The SMILES string of the molecule is COC(=O)/C=C/CNC(=O)C1(Cc2ccc(F)cc2)CC1. The molecule has 0 spiro atoms. The maximum absolute atomic E-state index is 12.9. The van der Waals surface area contributed by atoms with Crippen LogP contribution in [0.2, 0.25) is 0 Å². The number of carbonyl (C=O) groups is 2. The molecule has 112 valence electrons. The van der Waals surface area contributed by atoms with Crippen molar-refractivity contribution >= 4 is 11.9 Å². The molecule has 1 aliphatic carbocycles. The van der Waals surface area contributed by atoms with Gasteiger partial charge in [0.2, 0.25) is 5.91 Å². The van der Waals surface area contributed by atoms with Gasteiger partial charge in [0.25, 0.3) is 0 Å². The molecule has 0 heterocycles. The molecule has 0 radical (unpaired) electrons. The van der Waals surface area contributed by atoms with Crippen molar-refractivity contribution < 1.29 is 18.7 Å². The fourth-order valence-corrected chi connectivity index (χ4v) is 2.19. The van der Waals surface area contributed by atoms with E-state index < -0.39 is 5.97 Å². The number of rotatable bonds is 6. The molecule has 1 fully saturated rings. The molecule has 21 heavy (non-hydrogen) atoms. The molecule has 0 aliphatic heterocycles. The summed E-state index contributed by atoms with van der Waals surface area (Å²) in [5, 5.41) is 2.79. The van der Waals surface area contributed by atoms with E-state index in [1.165, 1.54) is 25.3 Å². The number of benzene rings is 1. The quantitative estimate of drug-likeness (QED) is 0.644. The average molecular weight is 291 g/mol. The number of amides is 1. The van der Waals surface area contributed by atoms with Gasteiger partial charge >= 0.3 is 5.97 Å². The zero-order chi connectivity index (χ0) is 15.3. The zero-order valence-corrected chi connectivity index (χ0v) is 11.9. The standard InChI is InChI=1S/C16H18FNO3/c1-21-14(19)3-2-10-18-15(20)16(8-9-16)11-12-4-6-13(17)7-5-12/h2-7H,8-11H2,1H3,(H,18,20)/b3-2+. The minimum Gasteiger partial charge on any atom is -0.466 e. The Balaban J connectivity index is 1.85. The van der Waals surface area contributed by atoms with Crippen molar-refractivity contribution in [2.45, 2.75) is 19.3 Å². The van der Waals surface area contributed by atoms with Crippen LogP contribution in [0.25, 0.3) is 0 Å². The third kappa shape index (κ3) is 4.15. The van der Waals surface area contributed by atoms with Gasteiger partial charge in [0.05, 0.1) is 12.5 Å². The Labute approximate surface area is 123 Å². The Kier molecular flexibility index (Phi) is 4.73. The molecule has 2 rings (SSSR count). The second-order valence-electron chi connectivity index (χ2n) is 5.22. The van der Waals surface area contributed by atoms with E-state index in [-0.39, 0.29) is 17.1 Å². The molecule has 1 aliphatic rings. The number of methoxy groups -OCH3 is 1. The lowest BCUT2D eigenvalue weighted by molar-refractivity contribution is -0.135. The van der Waals surface area contributed by atoms with Gasteiger partial charge in [-0.15, -0.1) is 0 Å². The van der Waals surface area contributed by atoms with Crippen molar-refractivity contribution in [3.05, 3.63) is 47.8 Å². The van der Waals surface area contributed by atoms with Crippen LogP contribution in [0, 0.1) is 11.2 Å². The van der Waals surface area contributed by atoms with Gasteiger partial charge in [0, 0.05) is 12.6 Å². The normalized spacial score (nSPS) is 15.7. The summed E-state index contributed by atoms with van der Waals surface area (Å²) >= 11 is 0. The first-order valence-electron chi connectivity index (χ1n) is 6.83. The van der Waals surface area contributed by atoms with Gasteiger partial charge in [-0.1, -0.05) is 18.2 Å². The zero-order valence-electron chi connectivity index (χ0n) is 11.9. The van der Waals surface area contributed by atoms with Crippen molar-refractivity contribution in [1.29, 1.82) is 0 Å². The first-order valence-corrected chi connectivity index (χ1v) is 6.83. The van der Waals surface area contributed by atoms with E-state index in [1.807, 2.05) is 0 Å². The predicted octanol–water partition coefficient (Wildman–Crippen LogP) is 1.99. The first kappa shape index (κ1) is 15.2. The monoisotopic (exact) mass is 291 g/mol. The summed E-state index contributed by atoms with van der Waals surface area (Å²) < 4.78 is 17.3. The Hall–Kier alpha value is -2.17. The largest absolute Gasteiger partial charge is 0.466 e. The summed E-state index contributed by atoms with van der Waals surface area (Å²) in [6, 6.07) is 6.23. The first-order chi connectivity index (χ1) is 10.1. The van der Waals surface area contributed by atoms with Gasteiger partial charge in [-0.05, 0) is 37.0 Å². The van der Waals surface area contributed by atoms with E-state index in [0.29, 0.717) is 13.0 Å². The maximum atomic E-state index is 12.9. The molecule has 0 atom stereocenters. The van der Waals surface area contributed by atoms with Crippen LogP contribution >= 0.6 is 0 Å². The van der Waals surface area contributed by atoms with E-state index >= 15 is 0 Å². The fraction of sp³-hybridized carbons (Fsp3) is 0.375. The molecule has 0 saturated heterocycles. The van der Waals surface area contributed by atoms with E-state index in [1.54, 1.807) is 18.2 Å². The predicted molar refractivity (Wildman–Crippen MR) is 75.9 cm³/mol. The highest BCUT2D eigenvalue weighted by molar-refractivity contribution is 5.86. The number of hydrogen-bond donors (Lipinski definition) is 1. The van der Waals surface area contributed by atoms with Gasteiger partial charge < -0.3 is 10.1 Å². The van der Waals surface area contributed by atoms with Gasteiger partial charge in [0.1, 0.15) is 5.82 Å². The summed E-state index contributed by atoms with van der Waals surface area (Å²) in [5.41, 5.74) is 0.575. The molecule has 1 N–H and O–H groups in total. The van der Waals surface area contributed by atoms with Crippen LogP contribution in [-0.2, 0) is 20.7 Å². The van der Waals surface area contributed by atoms with E-state index in [0.717, 1.165) is 18.4 Å². The third-order valence-corrected chi connectivity index (χ3v) is 3.63. The van der Waals surface area contributed by atoms with Gasteiger partial charge in [-0.3, -0.25) is 4.79 Å². The highest BCUT2D eigenvalue weighted by Gasteiger charge is 2.49. The average Bonchev–Trinajstić information content (AvgIpc) is 3.26. The van der Waals surface area contributed by atoms with Crippen molar-refractivity contribution in [2.24, 2.45) is 5.41 Å². The number of ether oxygens (including phenoxy) is 1. The summed E-state index contributed by atoms with van der Waals surface area (Å²) in [5.74, 6) is -0.751. The Morgan fingerprint density at radius 1 is 1.33 bits per heavy atom. The number of esters is 1. The van der Waals surface area contributed by atoms with Crippen LogP contribution in [0.1, 0.15) is 18.4 Å². The minimum atomic E-state index is -0.448. The topological polar surface area (TPSA) is 55.4 Å². The molecule has 4 nitrogen and oxygen atoms in total. The van der Waals surface area contributed by atoms with Crippen LogP contribution < -0.4 is 5.32 Å². The van der Waals surface area contributed by atoms with Crippen LogP contribution in [-0.4, -0.2) is 25.5 Å². The highest BCUT2D eigenvalue weighted by Crippen LogP contribution is 2.48. The van der Waals surface area contributed by atoms with E-state index in [4.69, 9.17) is 0 Å². The molecule has 0 bridgehead atoms. The van der Waals surface area contributed by atoms with Gasteiger partial charge in [-0.25, -0.2) is 9.18 Å². The summed E-state index contributed by atoms with van der Waals surface area (Å²) in [7, 11) is 1.30. The minimum absolute atomic E-state index is 0.0265. The second-order valence-corrected chi connectivity index (χ2v) is 5.22.